The Balaban J connectivity index is 1.45. The molecule has 1 atom stereocenters. The van der Waals surface area contributed by atoms with Crippen LogP contribution in [0.1, 0.15) is 48.9 Å². The molecule has 29 heavy (non-hydrogen) atoms. The fourth-order valence-electron chi connectivity index (χ4n) is 3.95. The van der Waals surface area contributed by atoms with Gasteiger partial charge in [0.05, 0.1) is 40.5 Å². The molecule has 0 radical (unpaired) electrons. The van der Waals surface area contributed by atoms with Crippen molar-refractivity contribution >= 4 is 16.9 Å². The number of hydrogen-bond acceptors (Lipinski definition) is 4. The molecule has 1 saturated carbocycles. The zero-order valence-electron chi connectivity index (χ0n) is 16.2. The average molecular weight is 383 g/mol. The van der Waals surface area contributed by atoms with Crippen molar-refractivity contribution in [1.82, 2.24) is 14.9 Å². The van der Waals surface area contributed by atoms with Crippen LogP contribution in [0.2, 0.25) is 0 Å². The first-order valence-corrected chi connectivity index (χ1v) is 9.71. The van der Waals surface area contributed by atoms with E-state index in [-0.39, 0.29) is 23.9 Å². The maximum absolute atomic E-state index is 12.6. The Labute approximate surface area is 169 Å². The molecule has 0 aliphatic heterocycles. The summed E-state index contributed by atoms with van der Waals surface area (Å²) in [6.45, 7) is 2.03. The Kier molecular flexibility index (Phi) is 4.78. The zero-order valence-corrected chi connectivity index (χ0v) is 16.2. The molecule has 1 fully saturated rings. The Morgan fingerprint density at radius 3 is 2.62 bits per heavy atom. The van der Waals surface area contributed by atoms with Crippen LogP contribution in [0.25, 0.3) is 11.0 Å². The summed E-state index contributed by atoms with van der Waals surface area (Å²) in [7, 11) is 0. The topological polar surface area (TPSA) is 94.5 Å². The monoisotopic (exact) mass is 383 g/mol. The second kappa shape index (κ2) is 7.41. The molecule has 1 aliphatic carbocycles. The van der Waals surface area contributed by atoms with Crippen LogP contribution in [-0.4, -0.2) is 15.5 Å². The van der Waals surface area contributed by atoms with Gasteiger partial charge in [-0.15, -0.1) is 0 Å². The second-order valence-corrected chi connectivity index (χ2v) is 7.62. The number of nitrogens with zero attached hydrogens (tertiary/aromatic N) is 4. The van der Waals surface area contributed by atoms with Gasteiger partial charge in [-0.25, -0.2) is 4.98 Å². The Hall–Kier alpha value is -3.64. The van der Waals surface area contributed by atoms with E-state index in [4.69, 9.17) is 0 Å². The van der Waals surface area contributed by atoms with Crippen molar-refractivity contribution in [1.29, 1.82) is 10.5 Å². The predicted octanol–water partition coefficient (Wildman–Crippen LogP) is 3.73. The Morgan fingerprint density at radius 2 is 2.00 bits per heavy atom. The van der Waals surface area contributed by atoms with Gasteiger partial charge in [-0.1, -0.05) is 30.3 Å². The summed E-state index contributed by atoms with van der Waals surface area (Å²) in [6, 6.07) is 17.7. The van der Waals surface area contributed by atoms with Gasteiger partial charge in [0, 0.05) is 0 Å². The molecule has 1 unspecified atom stereocenters. The molecule has 2 aromatic carbocycles. The third-order valence-corrected chi connectivity index (χ3v) is 5.83. The van der Waals surface area contributed by atoms with Crippen LogP contribution >= 0.6 is 0 Å². The van der Waals surface area contributed by atoms with E-state index in [1.54, 1.807) is 23.0 Å². The van der Waals surface area contributed by atoms with Gasteiger partial charge in [-0.05, 0) is 49.4 Å². The highest BCUT2D eigenvalue weighted by atomic mass is 16.2. The van der Waals surface area contributed by atoms with E-state index in [0.717, 1.165) is 30.4 Å². The van der Waals surface area contributed by atoms with Gasteiger partial charge in [0.1, 0.15) is 12.6 Å². The predicted molar refractivity (Wildman–Crippen MR) is 109 cm³/mol. The van der Waals surface area contributed by atoms with Crippen molar-refractivity contribution < 1.29 is 4.79 Å². The third kappa shape index (κ3) is 3.34. The van der Waals surface area contributed by atoms with Crippen LogP contribution in [0, 0.1) is 22.7 Å². The molecular weight excluding hydrogens is 362 g/mol. The minimum atomic E-state index is -0.327. The molecule has 1 N–H and O–H groups in total. The molecular formula is C23H21N5O. The van der Waals surface area contributed by atoms with E-state index in [1.165, 1.54) is 0 Å². The molecule has 0 saturated heterocycles. The second-order valence-electron chi connectivity index (χ2n) is 7.62. The van der Waals surface area contributed by atoms with Crippen molar-refractivity contribution in [2.45, 2.75) is 44.2 Å². The van der Waals surface area contributed by atoms with Crippen molar-refractivity contribution in [2.24, 2.45) is 0 Å². The summed E-state index contributed by atoms with van der Waals surface area (Å²) in [5.74, 6) is -0.152. The van der Waals surface area contributed by atoms with Gasteiger partial charge in [0.25, 0.3) is 0 Å². The average Bonchev–Trinajstić information content (AvgIpc) is 3.11. The highest BCUT2D eigenvalue weighted by molar-refractivity contribution is 5.84. The maximum Gasteiger partial charge on any atom is 0.240 e. The standard InChI is InChI=1S/C23H21N5O/c1-16(17-6-8-19(9-7-17)23(14-25)10-3-11-23)27-21(29)13-28-15-26-20-5-2-4-18(12-24)22(20)28/h2,4-9,15-16H,3,10-11,13H2,1H3,(H,27,29). The summed E-state index contributed by atoms with van der Waals surface area (Å²) in [5, 5.41) is 21.8. The summed E-state index contributed by atoms with van der Waals surface area (Å²) in [6.07, 6.45) is 4.51. The quantitative estimate of drug-likeness (QED) is 0.726. The van der Waals surface area contributed by atoms with Gasteiger partial charge in [0.15, 0.2) is 0 Å². The van der Waals surface area contributed by atoms with Crippen molar-refractivity contribution in [3.63, 3.8) is 0 Å². The number of aromatic nitrogens is 2. The molecule has 1 aromatic heterocycles. The summed E-state index contributed by atoms with van der Waals surface area (Å²) in [4.78, 5) is 16.9. The van der Waals surface area contributed by atoms with Crippen LogP contribution in [0.5, 0.6) is 0 Å². The number of nitriles is 2. The number of imidazole rings is 1. The van der Waals surface area contributed by atoms with Crippen molar-refractivity contribution in [2.75, 3.05) is 0 Å². The van der Waals surface area contributed by atoms with Crippen LogP contribution in [0.4, 0.5) is 0 Å². The Morgan fingerprint density at radius 1 is 1.24 bits per heavy atom. The fraction of sp³-hybridized carbons (Fsp3) is 0.304. The molecule has 4 rings (SSSR count). The minimum Gasteiger partial charge on any atom is -0.348 e. The number of carbonyl (C=O) groups is 1. The maximum atomic E-state index is 12.6. The van der Waals surface area contributed by atoms with Crippen molar-refractivity contribution in [3.8, 4) is 12.1 Å². The molecule has 1 aliphatic rings. The first kappa shape index (κ1) is 18.7. The van der Waals surface area contributed by atoms with Crippen LogP contribution in [-0.2, 0) is 16.8 Å². The number of fused-ring (bicyclic) bond motifs is 1. The summed E-state index contributed by atoms with van der Waals surface area (Å²) in [5.41, 5.74) is 3.59. The molecule has 6 heteroatoms. The third-order valence-electron chi connectivity index (χ3n) is 5.83. The van der Waals surface area contributed by atoms with Gasteiger partial charge in [0.2, 0.25) is 5.91 Å². The lowest BCUT2D eigenvalue weighted by molar-refractivity contribution is -0.122. The highest BCUT2D eigenvalue weighted by Gasteiger charge is 2.38. The molecule has 0 spiro atoms. The highest BCUT2D eigenvalue weighted by Crippen LogP contribution is 2.43. The number of amides is 1. The Bertz CT molecular complexity index is 1140. The van der Waals surface area contributed by atoms with Gasteiger partial charge < -0.3 is 9.88 Å². The number of benzene rings is 2. The number of rotatable bonds is 5. The molecule has 1 heterocycles. The van der Waals surface area contributed by atoms with Crippen LogP contribution in [0.15, 0.2) is 48.8 Å². The van der Waals surface area contributed by atoms with Crippen LogP contribution < -0.4 is 5.32 Å². The van der Waals surface area contributed by atoms with Gasteiger partial charge in [-0.2, -0.15) is 10.5 Å². The van der Waals surface area contributed by atoms with E-state index in [1.807, 2.05) is 37.3 Å². The number of hydrogen-bond donors (Lipinski definition) is 1. The van der Waals surface area contributed by atoms with Gasteiger partial charge in [-0.3, -0.25) is 4.79 Å². The smallest absolute Gasteiger partial charge is 0.240 e. The lowest BCUT2D eigenvalue weighted by Crippen LogP contribution is -2.32. The van der Waals surface area contributed by atoms with Gasteiger partial charge >= 0.3 is 0 Å². The number of nitrogens with one attached hydrogen (secondary N) is 1. The van der Waals surface area contributed by atoms with E-state index in [9.17, 15) is 15.3 Å². The van der Waals surface area contributed by atoms with Crippen molar-refractivity contribution in [3.05, 3.63) is 65.5 Å². The van der Waals surface area contributed by atoms with Crippen LogP contribution in [0.3, 0.4) is 0 Å². The lowest BCUT2D eigenvalue weighted by Gasteiger charge is -2.35. The summed E-state index contributed by atoms with van der Waals surface area (Å²) < 4.78 is 1.70. The molecule has 3 aromatic rings. The lowest BCUT2D eigenvalue weighted by atomic mass is 9.65. The molecule has 1 amide bonds. The van der Waals surface area contributed by atoms with E-state index in [2.05, 4.69) is 22.4 Å². The fourth-order valence-corrected chi connectivity index (χ4v) is 3.95. The molecule has 0 bridgehead atoms. The normalized spacial score (nSPS) is 15.7. The largest absolute Gasteiger partial charge is 0.348 e. The van der Waals surface area contributed by atoms with E-state index >= 15 is 0 Å². The zero-order chi connectivity index (χ0) is 20.4. The van der Waals surface area contributed by atoms with E-state index < -0.39 is 0 Å². The minimum absolute atomic E-state index is 0.0924. The molecule has 6 nitrogen and oxygen atoms in total. The number of carbonyl (C=O) groups excluding carboxylic acids is 1. The first-order valence-electron chi connectivity index (χ1n) is 9.71. The SMILES string of the molecule is CC(NC(=O)Cn1cnc2cccc(C#N)c21)c1ccc(C2(C#N)CCC2)cc1. The first-order chi connectivity index (χ1) is 14.1. The number of para-hydroxylation sites is 1. The molecule has 144 valence electrons. The summed E-state index contributed by atoms with van der Waals surface area (Å²) >= 11 is 0. The van der Waals surface area contributed by atoms with E-state index in [0.29, 0.717) is 16.6 Å².